The Morgan fingerprint density at radius 2 is 1.90 bits per heavy atom. The Kier molecular flexibility index (Phi) is 4.42. The molecule has 3 heterocycles. The number of nitrogens with zero attached hydrogens (tertiary/aromatic N) is 3. The lowest BCUT2D eigenvalue weighted by Gasteiger charge is -2.22. The van der Waals surface area contributed by atoms with Crippen LogP contribution in [0, 0.1) is 6.20 Å². The largest absolute Gasteiger partial charge is 0.496 e. The number of methoxy groups -OCH3 is 1. The third-order valence-corrected chi connectivity index (χ3v) is 5.18. The van der Waals surface area contributed by atoms with Gasteiger partial charge in [0.15, 0.2) is 0 Å². The summed E-state index contributed by atoms with van der Waals surface area (Å²) < 4.78 is 13.3. The predicted molar refractivity (Wildman–Crippen MR) is 112 cm³/mol. The van der Waals surface area contributed by atoms with Crippen LogP contribution in [-0.4, -0.2) is 21.9 Å². The number of ether oxygens (including phenoxy) is 2. The number of halogens is 2. The molecule has 0 saturated heterocycles. The number of hydrogen-bond donors (Lipinski definition) is 0. The first kappa shape index (κ1) is 18.0. The smallest absolute Gasteiger partial charge is 0.132 e. The first-order valence-corrected chi connectivity index (χ1v) is 9.62. The summed E-state index contributed by atoms with van der Waals surface area (Å²) in [6.07, 6.45) is 4.80. The fourth-order valence-corrected chi connectivity index (χ4v) is 3.99. The number of benzene rings is 2. The van der Waals surface area contributed by atoms with Gasteiger partial charge in [0.05, 0.1) is 24.2 Å². The van der Waals surface area contributed by atoms with E-state index in [-0.39, 0.29) is 0 Å². The lowest BCUT2D eigenvalue weighted by Crippen LogP contribution is -2.08. The van der Waals surface area contributed by atoms with E-state index in [0.29, 0.717) is 28.2 Å². The zero-order valence-electron chi connectivity index (χ0n) is 15.3. The molecule has 1 radical (unpaired) electrons. The molecule has 0 spiro atoms. The van der Waals surface area contributed by atoms with Crippen LogP contribution in [0.3, 0.4) is 0 Å². The highest BCUT2D eigenvalue weighted by Crippen LogP contribution is 2.44. The number of fused-ring (bicyclic) bond motifs is 3. The topological polar surface area (TPSA) is 49.2 Å². The Morgan fingerprint density at radius 3 is 2.62 bits per heavy atom. The summed E-state index contributed by atoms with van der Waals surface area (Å²) in [6, 6.07) is 15.0. The minimum Gasteiger partial charge on any atom is -0.496 e. The highest BCUT2D eigenvalue weighted by molar-refractivity contribution is 6.34. The Balaban J connectivity index is 1.74. The Morgan fingerprint density at radius 1 is 1.07 bits per heavy atom. The van der Waals surface area contributed by atoms with Crippen molar-refractivity contribution in [2.24, 2.45) is 0 Å². The second-order valence-corrected chi connectivity index (χ2v) is 7.40. The van der Waals surface area contributed by atoms with E-state index in [1.54, 1.807) is 24.1 Å². The van der Waals surface area contributed by atoms with Gasteiger partial charge < -0.3 is 9.47 Å². The van der Waals surface area contributed by atoms with Crippen molar-refractivity contribution in [2.45, 2.75) is 6.61 Å². The lowest BCUT2D eigenvalue weighted by atomic mass is 9.99. The molecule has 143 valence electrons. The highest BCUT2D eigenvalue weighted by Gasteiger charge is 2.26. The van der Waals surface area contributed by atoms with Gasteiger partial charge in [-0.15, -0.1) is 0 Å². The quantitative estimate of drug-likeness (QED) is 0.430. The zero-order valence-corrected chi connectivity index (χ0v) is 16.8. The second-order valence-electron chi connectivity index (χ2n) is 6.53. The van der Waals surface area contributed by atoms with E-state index in [0.717, 1.165) is 33.8 Å². The van der Waals surface area contributed by atoms with Crippen LogP contribution in [0.4, 0.5) is 0 Å². The second kappa shape index (κ2) is 7.10. The van der Waals surface area contributed by atoms with Gasteiger partial charge in [0.1, 0.15) is 24.3 Å². The summed E-state index contributed by atoms with van der Waals surface area (Å²) in [6.45, 7) is 0.364. The fraction of sp³-hybridized carbons (Fsp3) is 0.0909. The van der Waals surface area contributed by atoms with Crippen molar-refractivity contribution in [1.82, 2.24) is 14.8 Å². The van der Waals surface area contributed by atoms with Gasteiger partial charge >= 0.3 is 0 Å². The SMILES string of the molecule is COc1cc2c(cc1-c1ccccn1)-c1c([c]nn1-c1cc(Cl)cc(Cl)c1)CO2. The summed E-state index contributed by atoms with van der Waals surface area (Å²) in [5.41, 5.74) is 5.02. The molecule has 4 aromatic rings. The van der Waals surface area contributed by atoms with Crippen molar-refractivity contribution in [3.63, 3.8) is 0 Å². The number of aromatic nitrogens is 3. The molecule has 5 nitrogen and oxygen atoms in total. The maximum atomic E-state index is 6.21. The summed E-state index contributed by atoms with van der Waals surface area (Å²) in [5, 5.41) is 5.51. The van der Waals surface area contributed by atoms with Crippen LogP contribution in [0.25, 0.3) is 28.2 Å². The van der Waals surface area contributed by atoms with Crippen LogP contribution < -0.4 is 9.47 Å². The minimum absolute atomic E-state index is 0.364. The Hall–Kier alpha value is -3.02. The van der Waals surface area contributed by atoms with Gasteiger partial charge in [0.25, 0.3) is 0 Å². The molecule has 0 atom stereocenters. The maximum absolute atomic E-state index is 6.21. The molecule has 1 aliphatic rings. The number of rotatable bonds is 3. The predicted octanol–water partition coefficient (Wildman–Crippen LogP) is 5.61. The van der Waals surface area contributed by atoms with E-state index in [2.05, 4.69) is 16.3 Å². The molecule has 0 amide bonds. The van der Waals surface area contributed by atoms with E-state index < -0.39 is 0 Å². The van der Waals surface area contributed by atoms with Gasteiger partial charge in [-0.2, -0.15) is 5.10 Å². The number of hydrogen-bond acceptors (Lipinski definition) is 4. The first-order valence-electron chi connectivity index (χ1n) is 8.86. The molecule has 5 rings (SSSR count). The van der Waals surface area contributed by atoms with Crippen molar-refractivity contribution >= 4 is 23.2 Å². The molecule has 0 N–H and O–H groups in total. The van der Waals surface area contributed by atoms with Crippen LogP contribution in [-0.2, 0) is 6.61 Å². The normalized spacial score (nSPS) is 12.1. The van der Waals surface area contributed by atoms with E-state index >= 15 is 0 Å². The van der Waals surface area contributed by atoms with E-state index in [1.807, 2.05) is 42.5 Å². The lowest BCUT2D eigenvalue weighted by molar-refractivity contribution is 0.299. The van der Waals surface area contributed by atoms with E-state index in [9.17, 15) is 0 Å². The van der Waals surface area contributed by atoms with Crippen molar-refractivity contribution < 1.29 is 9.47 Å². The average molecular weight is 423 g/mol. The molecule has 0 unspecified atom stereocenters. The van der Waals surface area contributed by atoms with Gasteiger partial charge in [-0.3, -0.25) is 4.98 Å². The van der Waals surface area contributed by atoms with Crippen LogP contribution in [0.1, 0.15) is 5.56 Å². The number of pyridine rings is 1. The fourth-order valence-electron chi connectivity index (χ4n) is 3.47. The van der Waals surface area contributed by atoms with Gasteiger partial charge in [0.2, 0.25) is 0 Å². The van der Waals surface area contributed by atoms with Gasteiger partial charge in [-0.25, -0.2) is 4.68 Å². The molecule has 7 heteroatoms. The molecule has 29 heavy (non-hydrogen) atoms. The first-order chi connectivity index (χ1) is 14.1. The molecule has 2 aromatic heterocycles. The standard InChI is InChI=1S/C22H14Cl2N3O2/c1-28-20-10-21-18(9-17(20)19-4-2-3-5-25-19)22-13(12-29-21)11-26-27(22)16-7-14(23)6-15(24)8-16/h2-10H,12H2,1H3. The molecule has 2 aromatic carbocycles. The van der Waals surface area contributed by atoms with Crippen molar-refractivity contribution in [2.75, 3.05) is 7.11 Å². The maximum Gasteiger partial charge on any atom is 0.132 e. The molecule has 0 aliphatic carbocycles. The van der Waals surface area contributed by atoms with Crippen molar-refractivity contribution in [3.8, 4) is 39.7 Å². The molecule has 0 fully saturated rings. The minimum atomic E-state index is 0.364. The summed E-state index contributed by atoms with van der Waals surface area (Å²) in [5.74, 6) is 1.39. The van der Waals surface area contributed by atoms with E-state index in [4.69, 9.17) is 32.7 Å². The Labute approximate surface area is 177 Å². The molecular weight excluding hydrogens is 409 g/mol. The van der Waals surface area contributed by atoms with Crippen molar-refractivity contribution in [1.29, 1.82) is 0 Å². The van der Waals surface area contributed by atoms with Crippen LogP contribution >= 0.6 is 23.2 Å². The van der Waals surface area contributed by atoms with Crippen LogP contribution in [0.2, 0.25) is 10.0 Å². The summed E-state index contributed by atoms with van der Waals surface area (Å²) >= 11 is 12.4. The van der Waals surface area contributed by atoms with Crippen LogP contribution in [0.5, 0.6) is 11.5 Å². The third-order valence-electron chi connectivity index (χ3n) is 4.74. The highest BCUT2D eigenvalue weighted by atomic mass is 35.5. The molecular formula is C22H14Cl2N3O2. The average Bonchev–Trinajstić information content (AvgIpc) is 3.17. The third kappa shape index (κ3) is 3.12. The van der Waals surface area contributed by atoms with Gasteiger partial charge in [-0.1, -0.05) is 29.3 Å². The summed E-state index contributed by atoms with van der Waals surface area (Å²) in [7, 11) is 1.63. The molecule has 1 aliphatic heterocycles. The Bertz CT molecular complexity index is 1200. The molecule has 0 saturated carbocycles. The van der Waals surface area contributed by atoms with Crippen molar-refractivity contribution in [3.05, 3.63) is 76.5 Å². The van der Waals surface area contributed by atoms with Crippen LogP contribution in [0.15, 0.2) is 54.7 Å². The van der Waals surface area contributed by atoms with Gasteiger partial charge in [0, 0.05) is 39.0 Å². The zero-order chi connectivity index (χ0) is 20.0. The van der Waals surface area contributed by atoms with Gasteiger partial charge in [-0.05, 0) is 36.4 Å². The molecule has 0 bridgehead atoms. The van der Waals surface area contributed by atoms with E-state index in [1.165, 1.54) is 0 Å². The monoisotopic (exact) mass is 422 g/mol. The summed E-state index contributed by atoms with van der Waals surface area (Å²) in [4.78, 5) is 4.47.